The van der Waals surface area contributed by atoms with E-state index in [4.69, 9.17) is 5.11 Å². The van der Waals surface area contributed by atoms with Crippen LogP contribution in [0.2, 0.25) is 0 Å². The first-order valence-corrected chi connectivity index (χ1v) is 5.50. The van der Waals surface area contributed by atoms with Crippen LogP contribution in [0.4, 0.5) is 19.0 Å². The van der Waals surface area contributed by atoms with Gasteiger partial charge in [-0.3, -0.25) is 0 Å². The Morgan fingerprint density at radius 2 is 2.19 bits per heavy atom. The minimum atomic E-state index is -4.62. The van der Waals surface area contributed by atoms with Crippen LogP contribution in [0.3, 0.4) is 0 Å². The van der Waals surface area contributed by atoms with Gasteiger partial charge in [0.1, 0.15) is 17.2 Å². The van der Waals surface area contributed by atoms with Gasteiger partial charge < -0.3 is 10.4 Å². The molecule has 1 atom stereocenters. The first-order chi connectivity index (χ1) is 7.43. The molecule has 2 N–H and O–H groups in total. The molecule has 0 bridgehead atoms. The summed E-state index contributed by atoms with van der Waals surface area (Å²) in [5, 5.41) is 11.8. The number of aliphatic hydroxyl groups is 1. The highest BCUT2D eigenvalue weighted by Gasteiger charge is 2.37. The molecule has 4 nitrogen and oxygen atoms in total. The Bertz CT molecular complexity index is 348. The molecule has 0 aliphatic heterocycles. The summed E-state index contributed by atoms with van der Waals surface area (Å²) in [6.45, 7) is -0.631. The van der Waals surface area contributed by atoms with E-state index in [1.54, 1.807) is 6.26 Å². The molecule has 16 heavy (non-hydrogen) atoms. The van der Waals surface area contributed by atoms with Gasteiger partial charge in [-0.05, 0) is 6.26 Å². The number of anilines is 1. The Hall–Kier alpha value is -1.02. The van der Waals surface area contributed by atoms with E-state index in [0.29, 0.717) is 5.03 Å². The lowest BCUT2D eigenvalue weighted by Crippen LogP contribution is -2.35. The summed E-state index contributed by atoms with van der Waals surface area (Å²) in [4.78, 5) is 7.59. The number of alkyl halides is 3. The van der Waals surface area contributed by atoms with Gasteiger partial charge in [0.15, 0.2) is 6.10 Å². The second kappa shape index (κ2) is 5.35. The molecule has 0 spiro atoms. The predicted octanol–water partition coefficient (Wildman–Crippen LogP) is 1.53. The lowest BCUT2D eigenvalue weighted by atomic mass is 10.3. The van der Waals surface area contributed by atoms with Gasteiger partial charge in [-0.15, -0.1) is 11.8 Å². The van der Waals surface area contributed by atoms with E-state index in [9.17, 15) is 13.2 Å². The second-order valence-corrected chi connectivity index (χ2v) is 3.71. The van der Waals surface area contributed by atoms with Crippen LogP contribution in [0.5, 0.6) is 0 Å². The van der Waals surface area contributed by atoms with Crippen LogP contribution in [0, 0.1) is 0 Å². The molecule has 0 saturated heterocycles. The summed E-state index contributed by atoms with van der Waals surface area (Å²) in [6, 6.07) is 1.51. The van der Waals surface area contributed by atoms with E-state index in [-0.39, 0.29) is 5.82 Å². The molecule has 0 saturated carbocycles. The quantitative estimate of drug-likeness (QED) is 0.629. The number of aromatic nitrogens is 2. The second-order valence-electron chi connectivity index (χ2n) is 2.88. The number of nitrogens with one attached hydrogen (secondary N) is 1. The van der Waals surface area contributed by atoms with Crippen LogP contribution >= 0.6 is 11.8 Å². The minimum Gasteiger partial charge on any atom is -0.382 e. The Labute approximate surface area is 94.3 Å². The topological polar surface area (TPSA) is 58.0 Å². The molecule has 0 amide bonds. The van der Waals surface area contributed by atoms with E-state index in [1.165, 1.54) is 24.2 Å². The van der Waals surface area contributed by atoms with Gasteiger partial charge in [0.05, 0.1) is 6.54 Å². The van der Waals surface area contributed by atoms with Crippen molar-refractivity contribution in [1.29, 1.82) is 0 Å². The van der Waals surface area contributed by atoms with Crippen LogP contribution < -0.4 is 5.32 Å². The van der Waals surface area contributed by atoms with Crippen molar-refractivity contribution < 1.29 is 18.3 Å². The monoisotopic (exact) mass is 253 g/mol. The van der Waals surface area contributed by atoms with E-state index in [0.717, 1.165) is 0 Å². The van der Waals surface area contributed by atoms with E-state index in [1.807, 2.05) is 0 Å². The van der Waals surface area contributed by atoms with E-state index >= 15 is 0 Å². The summed E-state index contributed by atoms with van der Waals surface area (Å²) < 4.78 is 35.9. The van der Waals surface area contributed by atoms with Crippen molar-refractivity contribution in [1.82, 2.24) is 9.97 Å². The molecule has 8 heteroatoms. The Balaban J connectivity index is 2.54. The van der Waals surface area contributed by atoms with Crippen molar-refractivity contribution in [3.8, 4) is 0 Å². The molecule has 1 heterocycles. The van der Waals surface area contributed by atoms with Crippen molar-refractivity contribution in [3.63, 3.8) is 0 Å². The largest absolute Gasteiger partial charge is 0.416 e. The standard InChI is InChI=1S/C8H10F3N3OS/c1-16-7-2-6(13-4-14-7)12-3-5(15)8(9,10)11/h2,4-5,15H,3H2,1H3,(H,12,13,14). The fourth-order valence-electron chi connectivity index (χ4n) is 0.865. The maximum Gasteiger partial charge on any atom is 0.416 e. The Morgan fingerprint density at radius 3 is 2.75 bits per heavy atom. The molecular formula is C8H10F3N3OS. The number of aliphatic hydroxyl groups excluding tert-OH is 1. The lowest BCUT2D eigenvalue weighted by Gasteiger charge is -2.15. The number of thioether (sulfide) groups is 1. The van der Waals surface area contributed by atoms with Crippen molar-refractivity contribution in [2.24, 2.45) is 0 Å². The first kappa shape index (κ1) is 13.0. The van der Waals surface area contributed by atoms with Crippen molar-refractivity contribution in [2.45, 2.75) is 17.3 Å². The Morgan fingerprint density at radius 1 is 1.50 bits per heavy atom. The molecule has 0 aromatic carbocycles. The number of nitrogens with zero attached hydrogens (tertiary/aromatic N) is 2. The normalized spacial score (nSPS) is 13.6. The zero-order chi connectivity index (χ0) is 12.2. The van der Waals surface area contributed by atoms with Crippen molar-refractivity contribution in [3.05, 3.63) is 12.4 Å². The predicted molar refractivity (Wildman–Crippen MR) is 54.4 cm³/mol. The van der Waals surface area contributed by atoms with Gasteiger partial charge in [0.25, 0.3) is 0 Å². The molecule has 0 aliphatic carbocycles. The summed E-state index contributed by atoms with van der Waals surface area (Å²) >= 11 is 1.35. The molecule has 1 unspecified atom stereocenters. The third-order valence-corrected chi connectivity index (χ3v) is 2.35. The highest BCUT2D eigenvalue weighted by molar-refractivity contribution is 7.98. The molecule has 90 valence electrons. The van der Waals surface area contributed by atoms with Crippen LogP contribution in [-0.4, -0.2) is 40.2 Å². The van der Waals surface area contributed by atoms with Crippen molar-refractivity contribution >= 4 is 17.6 Å². The van der Waals surface area contributed by atoms with E-state index < -0.39 is 18.8 Å². The van der Waals surface area contributed by atoms with Crippen LogP contribution in [-0.2, 0) is 0 Å². The van der Waals surface area contributed by atoms with Gasteiger partial charge in [-0.2, -0.15) is 13.2 Å². The van der Waals surface area contributed by atoms with Gasteiger partial charge in [0, 0.05) is 6.07 Å². The number of rotatable bonds is 4. The summed E-state index contributed by atoms with van der Waals surface area (Å²) in [7, 11) is 0. The van der Waals surface area contributed by atoms with Gasteiger partial charge in [-0.25, -0.2) is 9.97 Å². The average molecular weight is 253 g/mol. The molecule has 1 aromatic heterocycles. The first-order valence-electron chi connectivity index (χ1n) is 4.28. The van der Waals surface area contributed by atoms with Crippen molar-refractivity contribution in [2.75, 3.05) is 18.1 Å². The molecule has 1 rings (SSSR count). The molecule has 1 aromatic rings. The zero-order valence-corrected chi connectivity index (χ0v) is 9.14. The molecule has 0 aliphatic rings. The zero-order valence-electron chi connectivity index (χ0n) is 8.32. The minimum absolute atomic E-state index is 0.252. The number of hydrogen-bond acceptors (Lipinski definition) is 5. The fraction of sp³-hybridized carbons (Fsp3) is 0.500. The van der Waals surface area contributed by atoms with Gasteiger partial charge in [-0.1, -0.05) is 0 Å². The maximum absolute atomic E-state index is 12.0. The highest BCUT2D eigenvalue weighted by atomic mass is 32.2. The fourth-order valence-corrected chi connectivity index (χ4v) is 1.25. The number of halogens is 3. The third kappa shape index (κ3) is 3.86. The smallest absolute Gasteiger partial charge is 0.382 e. The van der Waals surface area contributed by atoms with E-state index in [2.05, 4.69) is 15.3 Å². The summed E-state index contributed by atoms with van der Waals surface area (Å²) in [5.41, 5.74) is 0. The van der Waals surface area contributed by atoms with Crippen LogP contribution in [0.25, 0.3) is 0 Å². The maximum atomic E-state index is 12.0. The average Bonchev–Trinajstić information content (AvgIpc) is 2.25. The molecule has 0 fully saturated rings. The number of hydrogen-bond donors (Lipinski definition) is 2. The highest BCUT2D eigenvalue weighted by Crippen LogP contribution is 2.20. The van der Waals surface area contributed by atoms with Gasteiger partial charge >= 0.3 is 6.18 Å². The van der Waals surface area contributed by atoms with Crippen LogP contribution in [0.1, 0.15) is 0 Å². The van der Waals surface area contributed by atoms with Crippen LogP contribution in [0.15, 0.2) is 17.4 Å². The molecule has 0 radical (unpaired) electrons. The lowest BCUT2D eigenvalue weighted by molar-refractivity contribution is -0.198. The molecular weight excluding hydrogens is 243 g/mol. The SMILES string of the molecule is CSc1cc(NCC(O)C(F)(F)F)ncn1. The summed E-state index contributed by atoms with van der Waals surface area (Å²) in [5.74, 6) is 0.252. The van der Waals surface area contributed by atoms with Gasteiger partial charge in [0.2, 0.25) is 0 Å². The Kier molecular flexibility index (Phi) is 4.36. The third-order valence-electron chi connectivity index (χ3n) is 1.71. The summed E-state index contributed by atoms with van der Waals surface area (Å²) in [6.07, 6.45) is -3.99.